The SMILES string of the molecule is CCC(CBr)CN1CCCC(C)(C)C1. The largest absolute Gasteiger partial charge is 0.303 e. The van der Waals surface area contributed by atoms with E-state index in [0.29, 0.717) is 5.41 Å². The fourth-order valence-corrected chi connectivity index (χ4v) is 3.02. The van der Waals surface area contributed by atoms with E-state index in [1.807, 2.05) is 0 Å². The van der Waals surface area contributed by atoms with Gasteiger partial charge in [0, 0.05) is 18.4 Å². The van der Waals surface area contributed by atoms with Gasteiger partial charge >= 0.3 is 0 Å². The summed E-state index contributed by atoms with van der Waals surface area (Å²) in [6.45, 7) is 11.0. The Hall–Kier alpha value is 0.440. The van der Waals surface area contributed by atoms with Gasteiger partial charge in [0.2, 0.25) is 0 Å². The highest BCUT2D eigenvalue weighted by atomic mass is 79.9. The van der Waals surface area contributed by atoms with E-state index < -0.39 is 0 Å². The Morgan fingerprint density at radius 1 is 1.43 bits per heavy atom. The van der Waals surface area contributed by atoms with Crippen LogP contribution < -0.4 is 0 Å². The van der Waals surface area contributed by atoms with Crippen molar-refractivity contribution in [3.63, 3.8) is 0 Å². The highest BCUT2D eigenvalue weighted by molar-refractivity contribution is 9.09. The summed E-state index contributed by atoms with van der Waals surface area (Å²) >= 11 is 3.60. The van der Waals surface area contributed by atoms with E-state index in [9.17, 15) is 0 Å². The minimum Gasteiger partial charge on any atom is -0.303 e. The van der Waals surface area contributed by atoms with Crippen molar-refractivity contribution in [1.29, 1.82) is 0 Å². The van der Waals surface area contributed by atoms with Crippen LogP contribution in [0.15, 0.2) is 0 Å². The van der Waals surface area contributed by atoms with Crippen molar-refractivity contribution in [2.75, 3.05) is 25.0 Å². The maximum atomic E-state index is 3.60. The van der Waals surface area contributed by atoms with Crippen LogP contribution in [0.25, 0.3) is 0 Å². The number of piperidine rings is 1. The first kappa shape index (κ1) is 12.5. The zero-order chi connectivity index (χ0) is 10.6. The van der Waals surface area contributed by atoms with Gasteiger partial charge in [-0.25, -0.2) is 0 Å². The van der Waals surface area contributed by atoms with Crippen LogP contribution in [0.1, 0.15) is 40.0 Å². The summed E-state index contributed by atoms with van der Waals surface area (Å²) in [6, 6.07) is 0. The fraction of sp³-hybridized carbons (Fsp3) is 1.00. The Morgan fingerprint density at radius 3 is 2.64 bits per heavy atom. The maximum Gasteiger partial charge on any atom is 0.00717 e. The molecule has 0 aromatic carbocycles. The molecule has 0 N–H and O–H groups in total. The molecule has 1 atom stereocenters. The Balaban J connectivity index is 2.37. The lowest BCUT2D eigenvalue weighted by molar-refractivity contribution is 0.104. The molecule has 0 radical (unpaired) electrons. The Labute approximate surface area is 97.4 Å². The predicted molar refractivity (Wildman–Crippen MR) is 67.0 cm³/mol. The van der Waals surface area contributed by atoms with E-state index in [-0.39, 0.29) is 0 Å². The molecule has 0 aromatic rings. The van der Waals surface area contributed by atoms with Crippen molar-refractivity contribution in [2.24, 2.45) is 11.3 Å². The summed E-state index contributed by atoms with van der Waals surface area (Å²) in [6.07, 6.45) is 4.07. The van der Waals surface area contributed by atoms with Crippen LogP contribution in [-0.2, 0) is 0 Å². The Morgan fingerprint density at radius 2 is 2.14 bits per heavy atom. The molecule has 1 saturated heterocycles. The summed E-state index contributed by atoms with van der Waals surface area (Å²) in [7, 11) is 0. The van der Waals surface area contributed by atoms with Crippen LogP contribution in [0.2, 0.25) is 0 Å². The number of nitrogens with zero attached hydrogens (tertiary/aromatic N) is 1. The normalized spacial score (nSPS) is 24.9. The zero-order valence-corrected chi connectivity index (χ0v) is 11.4. The summed E-state index contributed by atoms with van der Waals surface area (Å²) in [4.78, 5) is 2.65. The summed E-state index contributed by atoms with van der Waals surface area (Å²) in [5, 5.41) is 1.15. The predicted octanol–water partition coefficient (Wildman–Crippen LogP) is 3.53. The first-order chi connectivity index (χ1) is 6.57. The van der Waals surface area contributed by atoms with Gasteiger partial charge in [0.05, 0.1) is 0 Å². The van der Waals surface area contributed by atoms with Crippen molar-refractivity contribution >= 4 is 15.9 Å². The van der Waals surface area contributed by atoms with Crippen LogP contribution in [0.4, 0.5) is 0 Å². The van der Waals surface area contributed by atoms with Crippen molar-refractivity contribution in [2.45, 2.75) is 40.0 Å². The zero-order valence-electron chi connectivity index (χ0n) is 9.85. The van der Waals surface area contributed by atoms with Crippen molar-refractivity contribution in [3.8, 4) is 0 Å². The van der Waals surface area contributed by atoms with E-state index in [1.54, 1.807) is 0 Å². The van der Waals surface area contributed by atoms with E-state index in [2.05, 4.69) is 41.6 Å². The second-order valence-electron chi connectivity index (χ2n) is 5.43. The minimum atomic E-state index is 0.544. The molecule has 2 heteroatoms. The number of rotatable bonds is 4. The van der Waals surface area contributed by atoms with E-state index in [1.165, 1.54) is 38.9 Å². The molecule has 14 heavy (non-hydrogen) atoms. The Bertz CT molecular complexity index is 164. The third-order valence-electron chi connectivity index (χ3n) is 3.29. The van der Waals surface area contributed by atoms with Crippen molar-refractivity contribution < 1.29 is 0 Å². The second kappa shape index (κ2) is 5.50. The van der Waals surface area contributed by atoms with Gasteiger partial charge in [0.15, 0.2) is 0 Å². The van der Waals surface area contributed by atoms with Gasteiger partial charge in [-0.2, -0.15) is 0 Å². The summed E-state index contributed by atoms with van der Waals surface area (Å²) in [5.41, 5.74) is 0.544. The monoisotopic (exact) mass is 261 g/mol. The standard InChI is InChI=1S/C12H24BrN/c1-4-11(8-13)9-14-7-5-6-12(2,3)10-14/h11H,4-10H2,1-3H3. The molecule has 0 saturated carbocycles. The highest BCUT2D eigenvalue weighted by Crippen LogP contribution is 2.29. The van der Waals surface area contributed by atoms with Gasteiger partial charge in [-0.1, -0.05) is 43.1 Å². The lowest BCUT2D eigenvalue weighted by Crippen LogP contribution is -2.42. The molecular formula is C12H24BrN. The van der Waals surface area contributed by atoms with Crippen LogP contribution in [-0.4, -0.2) is 29.9 Å². The molecule has 84 valence electrons. The molecular weight excluding hydrogens is 238 g/mol. The first-order valence-corrected chi connectivity index (χ1v) is 6.98. The van der Waals surface area contributed by atoms with Crippen LogP contribution in [0.3, 0.4) is 0 Å². The van der Waals surface area contributed by atoms with Gasteiger partial charge in [-0.05, 0) is 30.7 Å². The van der Waals surface area contributed by atoms with Gasteiger partial charge < -0.3 is 4.90 Å². The molecule has 1 fully saturated rings. The molecule has 0 aromatic heterocycles. The van der Waals surface area contributed by atoms with Crippen LogP contribution in [0, 0.1) is 11.3 Å². The highest BCUT2D eigenvalue weighted by Gasteiger charge is 2.26. The molecule has 1 rings (SSSR count). The van der Waals surface area contributed by atoms with E-state index in [4.69, 9.17) is 0 Å². The molecule has 1 aliphatic rings. The molecule has 0 spiro atoms. The van der Waals surface area contributed by atoms with Crippen molar-refractivity contribution in [3.05, 3.63) is 0 Å². The van der Waals surface area contributed by atoms with Gasteiger partial charge in [0.1, 0.15) is 0 Å². The van der Waals surface area contributed by atoms with Crippen LogP contribution in [0.5, 0.6) is 0 Å². The maximum absolute atomic E-state index is 3.60. The lowest BCUT2D eigenvalue weighted by Gasteiger charge is -2.39. The second-order valence-corrected chi connectivity index (χ2v) is 6.08. The number of halogens is 1. The number of likely N-dealkylation sites (tertiary alicyclic amines) is 1. The molecule has 0 amide bonds. The van der Waals surface area contributed by atoms with Gasteiger partial charge in [-0.15, -0.1) is 0 Å². The third-order valence-corrected chi connectivity index (χ3v) is 4.21. The van der Waals surface area contributed by atoms with Gasteiger partial charge in [-0.3, -0.25) is 0 Å². The van der Waals surface area contributed by atoms with Gasteiger partial charge in [0.25, 0.3) is 0 Å². The average Bonchev–Trinajstić information content (AvgIpc) is 2.12. The molecule has 1 aliphatic heterocycles. The fourth-order valence-electron chi connectivity index (χ4n) is 2.35. The summed E-state index contributed by atoms with van der Waals surface area (Å²) in [5.74, 6) is 0.837. The number of hydrogen-bond acceptors (Lipinski definition) is 1. The first-order valence-electron chi connectivity index (χ1n) is 5.85. The third kappa shape index (κ3) is 3.90. The minimum absolute atomic E-state index is 0.544. The lowest BCUT2D eigenvalue weighted by atomic mass is 9.84. The molecule has 0 aliphatic carbocycles. The average molecular weight is 262 g/mol. The Kier molecular flexibility index (Phi) is 4.92. The van der Waals surface area contributed by atoms with E-state index >= 15 is 0 Å². The quantitative estimate of drug-likeness (QED) is 0.700. The molecule has 1 unspecified atom stereocenters. The number of hydrogen-bond donors (Lipinski definition) is 0. The molecule has 1 heterocycles. The smallest absolute Gasteiger partial charge is 0.00717 e. The van der Waals surface area contributed by atoms with Crippen molar-refractivity contribution in [1.82, 2.24) is 4.90 Å². The summed E-state index contributed by atoms with van der Waals surface area (Å²) < 4.78 is 0. The molecule has 0 bridgehead atoms. The molecule has 1 nitrogen and oxygen atoms in total. The van der Waals surface area contributed by atoms with Crippen LogP contribution >= 0.6 is 15.9 Å². The van der Waals surface area contributed by atoms with E-state index in [0.717, 1.165) is 11.2 Å². The topological polar surface area (TPSA) is 3.24 Å². The number of alkyl halides is 1.